The number of halogens is 1. The highest BCUT2D eigenvalue weighted by Crippen LogP contribution is 2.39. The fourth-order valence-corrected chi connectivity index (χ4v) is 5.33. The number of anilines is 1. The summed E-state index contributed by atoms with van der Waals surface area (Å²) in [6, 6.07) is -1.07. The van der Waals surface area contributed by atoms with Crippen molar-refractivity contribution in [3.8, 4) is 0 Å². The fraction of sp³-hybridized carbons (Fsp3) is 0.444. The Morgan fingerprint density at radius 1 is 1.35 bits per heavy atom. The van der Waals surface area contributed by atoms with E-state index in [1.807, 2.05) is 5.01 Å². The molecule has 0 bridgehead atoms. The fourth-order valence-electron chi connectivity index (χ4n) is 3.59. The molecule has 3 aliphatic rings. The highest BCUT2D eigenvalue weighted by molar-refractivity contribution is 8.00. The van der Waals surface area contributed by atoms with Crippen molar-refractivity contribution in [2.45, 2.75) is 11.4 Å². The van der Waals surface area contributed by atoms with Gasteiger partial charge in [0.15, 0.2) is 5.13 Å². The Balaban J connectivity index is 1.42. The standard InChI is InChI=1S/C18H22FN11O5S2/c19-7-35-27-10(13-26-18(20)37-28-13)14(31)25-11-15(32)30-12(17(33)34)9(6-36-16(11)30)5-22-23-8-24-29-3-1-21-2-4-29/h5,8,11,16,21H,1-4,6-7H2,(H,23,24)(H,25,31)(H,33,34)(H2,20,26,28)/t11?,16-/m0/s1. The van der Waals surface area contributed by atoms with Crippen molar-refractivity contribution in [1.29, 1.82) is 0 Å². The molecule has 0 aromatic carbocycles. The molecule has 0 aliphatic carbocycles. The van der Waals surface area contributed by atoms with Gasteiger partial charge in [-0.15, -0.1) is 16.9 Å². The van der Waals surface area contributed by atoms with Crippen LogP contribution in [0.3, 0.4) is 0 Å². The lowest BCUT2D eigenvalue weighted by Gasteiger charge is -2.49. The second-order valence-electron chi connectivity index (χ2n) is 7.53. The second kappa shape index (κ2) is 12.0. The summed E-state index contributed by atoms with van der Waals surface area (Å²) in [5.74, 6) is -2.90. The number of hydrogen-bond acceptors (Lipinski definition) is 14. The highest BCUT2D eigenvalue weighted by Gasteiger charge is 2.54. The molecule has 1 aromatic rings. The minimum atomic E-state index is -1.33. The molecule has 0 radical (unpaired) electrons. The third-order valence-corrected chi connectivity index (χ3v) is 7.10. The van der Waals surface area contributed by atoms with Crippen molar-refractivity contribution in [2.24, 2.45) is 15.4 Å². The van der Waals surface area contributed by atoms with Crippen LogP contribution in [-0.2, 0) is 19.2 Å². The summed E-state index contributed by atoms with van der Waals surface area (Å²) in [7, 11) is 0. The van der Waals surface area contributed by atoms with Crippen LogP contribution in [0.25, 0.3) is 0 Å². The largest absolute Gasteiger partial charge is 0.477 e. The van der Waals surface area contributed by atoms with Crippen molar-refractivity contribution < 1.29 is 28.7 Å². The Morgan fingerprint density at radius 3 is 2.81 bits per heavy atom. The molecule has 2 fully saturated rings. The Hall–Kier alpha value is -3.68. The van der Waals surface area contributed by atoms with Crippen molar-refractivity contribution in [2.75, 3.05) is 44.5 Å². The van der Waals surface area contributed by atoms with E-state index in [4.69, 9.17) is 5.73 Å². The normalized spacial score (nSPS) is 22.8. The number of hydrogen-bond donors (Lipinski definition) is 5. The topological polar surface area (TPSA) is 212 Å². The van der Waals surface area contributed by atoms with Crippen molar-refractivity contribution in [3.63, 3.8) is 0 Å². The Morgan fingerprint density at radius 2 is 2.14 bits per heavy atom. The molecule has 4 heterocycles. The number of nitrogens with one attached hydrogen (secondary N) is 3. The minimum Gasteiger partial charge on any atom is -0.477 e. The van der Waals surface area contributed by atoms with Gasteiger partial charge in [-0.05, 0) is 0 Å². The summed E-state index contributed by atoms with van der Waals surface area (Å²) in [4.78, 5) is 46.8. The van der Waals surface area contributed by atoms with Crippen molar-refractivity contribution in [1.82, 2.24) is 35.3 Å². The van der Waals surface area contributed by atoms with Gasteiger partial charge in [0.1, 0.15) is 23.5 Å². The first-order chi connectivity index (χ1) is 17.9. The number of nitrogen functional groups attached to an aromatic ring is 1. The van der Waals surface area contributed by atoms with E-state index in [0.717, 1.165) is 42.6 Å². The lowest BCUT2D eigenvalue weighted by Crippen LogP contribution is -2.71. The molecule has 2 saturated heterocycles. The van der Waals surface area contributed by atoms with Crippen LogP contribution in [0.1, 0.15) is 5.82 Å². The molecule has 4 rings (SSSR count). The van der Waals surface area contributed by atoms with E-state index < -0.39 is 41.8 Å². The number of piperazine rings is 1. The molecule has 19 heteroatoms. The molecule has 6 N–H and O–H groups in total. The third-order valence-electron chi connectivity index (χ3n) is 5.26. The van der Waals surface area contributed by atoms with E-state index in [0.29, 0.717) is 0 Å². The van der Waals surface area contributed by atoms with Gasteiger partial charge in [0.25, 0.3) is 18.7 Å². The summed E-state index contributed by atoms with van der Waals surface area (Å²) in [6.07, 6.45) is 2.66. The predicted octanol–water partition coefficient (Wildman–Crippen LogP) is -2.07. The molecular formula is C18H22FN11O5S2. The summed E-state index contributed by atoms with van der Waals surface area (Å²) >= 11 is 2.01. The lowest BCUT2D eigenvalue weighted by molar-refractivity contribution is -0.150. The first-order valence-electron chi connectivity index (χ1n) is 10.7. The number of thioether (sulfide) groups is 1. The number of oxime groups is 1. The predicted molar refractivity (Wildman–Crippen MR) is 132 cm³/mol. The first kappa shape index (κ1) is 26.4. The highest BCUT2D eigenvalue weighted by atomic mass is 32.2. The quantitative estimate of drug-likeness (QED) is 0.0912. The maximum Gasteiger partial charge on any atom is 0.353 e. The Bertz CT molecular complexity index is 1170. The van der Waals surface area contributed by atoms with Gasteiger partial charge in [-0.3, -0.25) is 14.5 Å². The van der Waals surface area contributed by atoms with Gasteiger partial charge >= 0.3 is 5.97 Å². The van der Waals surface area contributed by atoms with Crippen molar-refractivity contribution in [3.05, 3.63) is 17.1 Å². The number of fused-ring (bicyclic) bond motifs is 1. The van der Waals surface area contributed by atoms with E-state index >= 15 is 0 Å². The molecule has 1 aromatic heterocycles. The third kappa shape index (κ3) is 6.01. The second-order valence-corrected chi connectivity index (χ2v) is 9.42. The zero-order chi connectivity index (χ0) is 26.4. The SMILES string of the molecule is Nc1nc(C(=NOCF)C(=O)NC2C(=O)N3C(C(=O)O)=C(C=NN=CNN4CCNCC4)CS[C@@H]23)ns1. The number of carbonyl (C=O) groups excluding carboxylic acids is 2. The molecule has 16 nitrogen and oxygen atoms in total. The van der Waals surface area contributed by atoms with Crippen LogP contribution in [0, 0.1) is 0 Å². The number of amides is 2. The number of carbonyl (C=O) groups is 3. The molecule has 3 aliphatic heterocycles. The van der Waals surface area contributed by atoms with Crippen LogP contribution in [0.5, 0.6) is 0 Å². The van der Waals surface area contributed by atoms with E-state index in [1.165, 1.54) is 24.3 Å². The van der Waals surface area contributed by atoms with Gasteiger partial charge in [-0.25, -0.2) is 14.2 Å². The van der Waals surface area contributed by atoms with Gasteiger partial charge in [0, 0.05) is 49.0 Å². The molecule has 0 spiro atoms. The van der Waals surface area contributed by atoms with Gasteiger partial charge in [-0.2, -0.15) is 14.5 Å². The number of rotatable bonds is 10. The number of alkyl halides is 1. The van der Waals surface area contributed by atoms with Crippen LogP contribution in [0.2, 0.25) is 0 Å². The van der Waals surface area contributed by atoms with Crippen LogP contribution >= 0.6 is 23.3 Å². The molecule has 2 atom stereocenters. The van der Waals surface area contributed by atoms with E-state index in [2.05, 4.69) is 45.6 Å². The molecule has 0 saturated carbocycles. The summed E-state index contributed by atoms with van der Waals surface area (Å²) in [5.41, 5.74) is 8.06. The van der Waals surface area contributed by atoms with Crippen molar-refractivity contribution >= 4 is 64.5 Å². The Kier molecular flexibility index (Phi) is 8.58. The van der Waals surface area contributed by atoms with Crippen LogP contribution < -0.4 is 21.8 Å². The van der Waals surface area contributed by atoms with Crippen LogP contribution in [0.4, 0.5) is 9.52 Å². The van der Waals surface area contributed by atoms with Gasteiger partial charge < -0.3 is 31.7 Å². The van der Waals surface area contributed by atoms with Gasteiger partial charge in [0.05, 0.1) is 6.21 Å². The number of nitrogens with two attached hydrogens (primary N) is 1. The average Bonchev–Trinajstić information content (AvgIpc) is 3.33. The minimum absolute atomic E-state index is 0.0406. The molecule has 37 heavy (non-hydrogen) atoms. The Labute approximate surface area is 217 Å². The smallest absolute Gasteiger partial charge is 0.353 e. The number of nitrogens with zero attached hydrogens (tertiary/aromatic N) is 7. The number of β-lactam (4-membered cyclic amide) rings is 1. The first-order valence-corrected chi connectivity index (χ1v) is 12.6. The zero-order valence-electron chi connectivity index (χ0n) is 19.0. The van der Waals surface area contributed by atoms with Crippen LogP contribution in [-0.4, -0.2) is 111 Å². The van der Waals surface area contributed by atoms with E-state index in [1.54, 1.807) is 0 Å². The van der Waals surface area contributed by atoms with E-state index in [-0.39, 0.29) is 28.0 Å². The number of aromatic nitrogens is 2. The average molecular weight is 556 g/mol. The number of carboxylic acid groups (broad SMARTS) is 1. The monoisotopic (exact) mass is 555 g/mol. The number of carboxylic acids is 1. The van der Waals surface area contributed by atoms with Gasteiger partial charge in [-0.1, -0.05) is 5.16 Å². The van der Waals surface area contributed by atoms with Gasteiger partial charge in [0.2, 0.25) is 11.5 Å². The molecule has 2 amide bonds. The molecule has 1 unspecified atom stereocenters. The number of aliphatic carboxylic acids is 1. The molecular weight excluding hydrogens is 533 g/mol. The number of hydrazine groups is 1. The maximum absolute atomic E-state index is 12.8. The maximum atomic E-state index is 12.8. The van der Waals surface area contributed by atoms with E-state index in [9.17, 15) is 23.9 Å². The van der Waals surface area contributed by atoms with Crippen LogP contribution in [0.15, 0.2) is 26.6 Å². The summed E-state index contributed by atoms with van der Waals surface area (Å²) < 4.78 is 16.3. The summed E-state index contributed by atoms with van der Waals surface area (Å²) in [6.45, 7) is 1.97. The zero-order valence-corrected chi connectivity index (χ0v) is 20.7. The summed E-state index contributed by atoms with van der Waals surface area (Å²) in [5, 5.41) is 27.9. The molecule has 198 valence electrons. The lowest BCUT2D eigenvalue weighted by atomic mass is 10.0.